The monoisotopic (exact) mass is 194 g/mol. The molecule has 82 valence electrons. The van der Waals surface area contributed by atoms with Crippen LogP contribution >= 0.6 is 0 Å². The minimum atomic E-state index is 1.21. The lowest BCUT2D eigenvalue weighted by Gasteiger charge is -1.95. The van der Waals surface area contributed by atoms with Crippen LogP contribution in [-0.4, -0.2) is 0 Å². The first-order chi connectivity index (χ1) is 6.91. The summed E-state index contributed by atoms with van der Waals surface area (Å²) >= 11 is 0. The third-order valence-electron chi connectivity index (χ3n) is 2.31. The molecule has 0 aromatic heterocycles. The average Bonchev–Trinajstić information content (AvgIpc) is 2.21. The van der Waals surface area contributed by atoms with Gasteiger partial charge in [-0.05, 0) is 19.3 Å². The number of unbranched alkanes of at least 4 members (excludes halogenated alkanes) is 6. The van der Waals surface area contributed by atoms with E-state index in [9.17, 15) is 0 Å². The van der Waals surface area contributed by atoms with E-state index in [2.05, 4.69) is 38.2 Å². The summed E-state index contributed by atoms with van der Waals surface area (Å²) in [5.41, 5.74) is 0. The smallest absolute Gasteiger partial charge is 0.0348 e. The minimum Gasteiger partial charge on any atom is -0.0846 e. The van der Waals surface area contributed by atoms with Crippen molar-refractivity contribution in [1.82, 2.24) is 0 Å². The molecule has 14 heavy (non-hydrogen) atoms. The molecule has 0 rings (SSSR count). The highest BCUT2D eigenvalue weighted by Crippen LogP contribution is 2.05. The van der Waals surface area contributed by atoms with Crippen molar-refractivity contribution in [2.75, 3.05) is 0 Å². The van der Waals surface area contributed by atoms with Crippen molar-refractivity contribution in [2.45, 2.75) is 65.2 Å². The van der Waals surface area contributed by atoms with E-state index in [1.165, 1.54) is 51.4 Å². The van der Waals surface area contributed by atoms with Gasteiger partial charge in [0.15, 0.2) is 0 Å². The second kappa shape index (κ2) is 12.5. The first kappa shape index (κ1) is 13.5. The van der Waals surface area contributed by atoms with Gasteiger partial charge in [-0.1, -0.05) is 70.3 Å². The molecule has 0 fully saturated rings. The first-order valence-corrected chi connectivity index (χ1v) is 6.23. The van der Waals surface area contributed by atoms with E-state index in [0.717, 1.165) is 0 Å². The summed E-state index contributed by atoms with van der Waals surface area (Å²) < 4.78 is 0. The molecular formula is C14H26. The van der Waals surface area contributed by atoms with Crippen LogP contribution < -0.4 is 0 Å². The molecule has 0 radical (unpaired) electrons. The van der Waals surface area contributed by atoms with Gasteiger partial charge in [-0.3, -0.25) is 0 Å². The molecule has 0 heteroatoms. The molecule has 0 aliphatic rings. The molecule has 0 amide bonds. The Labute approximate surface area is 90.1 Å². The topological polar surface area (TPSA) is 0 Å². The molecular weight excluding hydrogens is 168 g/mol. The van der Waals surface area contributed by atoms with Crippen molar-refractivity contribution in [3.05, 3.63) is 24.3 Å². The van der Waals surface area contributed by atoms with Crippen molar-refractivity contribution in [2.24, 2.45) is 0 Å². The van der Waals surface area contributed by atoms with Crippen LogP contribution in [0, 0.1) is 0 Å². The summed E-state index contributed by atoms with van der Waals surface area (Å²) in [5.74, 6) is 0. The zero-order valence-corrected chi connectivity index (χ0v) is 9.97. The van der Waals surface area contributed by atoms with Gasteiger partial charge >= 0.3 is 0 Å². The van der Waals surface area contributed by atoms with Crippen LogP contribution in [0.4, 0.5) is 0 Å². The van der Waals surface area contributed by atoms with E-state index < -0.39 is 0 Å². The van der Waals surface area contributed by atoms with Crippen molar-refractivity contribution >= 4 is 0 Å². The summed E-state index contributed by atoms with van der Waals surface area (Å²) in [6.45, 7) is 4.47. The van der Waals surface area contributed by atoms with Gasteiger partial charge in [0.2, 0.25) is 0 Å². The summed E-state index contributed by atoms with van der Waals surface area (Å²) in [5, 5.41) is 0. The number of hydrogen-bond acceptors (Lipinski definition) is 0. The van der Waals surface area contributed by atoms with Gasteiger partial charge in [0.25, 0.3) is 0 Å². The molecule has 0 heterocycles. The van der Waals surface area contributed by atoms with E-state index >= 15 is 0 Å². The SMILES string of the molecule is CCC/C=C\C=C/CCCCCCC. The molecule has 0 nitrogen and oxygen atoms in total. The van der Waals surface area contributed by atoms with Gasteiger partial charge in [0.05, 0.1) is 0 Å². The maximum Gasteiger partial charge on any atom is -0.0348 e. The lowest BCUT2D eigenvalue weighted by Crippen LogP contribution is -1.75. The first-order valence-electron chi connectivity index (χ1n) is 6.23. The second-order valence-corrected chi connectivity index (χ2v) is 3.85. The predicted octanol–water partition coefficient (Wildman–Crippen LogP) is 5.26. The predicted molar refractivity (Wildman–Crippen MR) is 66.6 cm³/mol. The molecule has 0 aliphatic heterocycles. The Morgan fingerprint density at radius 3 is 1.93 bits per heavy atom. The standard InChI is InChI=1S/C14H26/c1-3-5-7-9-11-13-14-12-10-8-6-4-2/h7,9,11,13H,3-6,8,10,12,14H2,1-2H3/b9-7-,13-11-. The number of allylic oxidation sites excluding steroid dienone is 4. The zero-order chi connectivity index (χ0) is 10.5. The highest BCUT2D eigenvalue weighted by Gasteiger charge is 1.85. The van der Waals surface area contributed by atoms with Crippen molar-refractivity contribution in [3.63, 3.8) is 0 Å². The molecule has 0 bridgehead atoms. The molecule has 0 spiro atoms. The van der Waals surface area contributed by atoms with Crippen LogP contribution in [0.1, 0.15) is 65.2 Å². The highest BCUT2D eigenvalue weighted by atomic mass is 13.9. The number of hydrogen-bond donors (Lipinski definition) is 0. The van der Waals surface area contributed by atoms with E-state index in [1.807, 2.05) is 0 Å². The summed E-state index contributed by atoms with van der Waals surface area (Å²) in [4.78, 5) is 0. The minimum absolute atomic E-state index is 1.21. The van der Waals surface area contributed by atoms with E-state index in [4.69, 9.17) is 0 Å². The van der Waals surface area contributed by atoms with Crippen LogP contribution in [0.2, 0.25) is 0 Å². The van der Waals surface area contributed by atoms with Crippen LogP contribution in [-0.2, 0) is 0 Å². The van der Waals surface area contributed by atoms with E-state index in [-0.39, 0.29) is 0 Å². The Morgan fingerprint density at radius 2 is 1.29 bits per heavy atom. The quantitative estimate of drug-likeness (QED) is 0.347. The molecule has 0 atom stereocenters. The molecule has 0 aromatic rings. The van der Waals surface area contributed by atoms with Crippen LogP contribution in [0.3, 0.4) is 0 Å². The third kappa shape index (κ3) is 11.5. The Balaban J connectivity index is 3.10. The van der Waals surface area contributed by atoms with Crippen molar-refractivity contribution in [3.8, 4) is 0 Å². The maximum atomic E-state index is 2.29. The lowest BCUT2D eigenvalue weighted by atomic mass is 10.1. The summed E-state index contributed by atoms with van der Waals surface area (Å²) in [6, 6.07) is 0. The highest BCUT2D eigenvalue weighted by molar-refractivity contribution is 5.01. The van der Waals surface area contributed by atoms with E-state index in [0.29, 0.717) is 0 Å². The third-order valence-corrected chi connectivity index (χ3v) is 2.31. The molecule has 0 N–H and O–H groups in total. The zero-order valence-electron chi connectivity index (χ0n) is 9.97. The molecule has 0 aromatic carbocycles. The lowest BCUT2D eigenvalue weighted by molar-refractivity contribution is 0.637. The van der Waals surface area contributed by atoms with Crippen molar-refractivity contribution in [1.29, 1.82) is 0 Å². The largest absolute Gasteiger partial charge is 0.0846 e. The Hall–Kier alpha value is -0.520. The Morgan fingerprint density at radius 1 is 0.643 bits per heavy atom. The molecule has 0 aliphatic carbocycles. The Bertz CT molecular complexity index is 142. The van der Waals surface area contributed by atoms with E-state index in [1.54, 1.807) is 0 Å². The summed E-state index contributed by atoms with van der Waals surface area (Å²) in [6.07, 6.45) is 19.5. The van der Waals surface area contributed by atoms with Gasteiger partial charge in [0, 0.05) is 0 Å². The van der Waals surface area contributed by atoms with Gasteiger partial charge in [-0.2, -0.15) is 0 Å². The van der Waals surface area contributed by atoms with Gasteiger partial charge < -0.3 is 0 Å². The Kier molecular flexibility index (Phi) is 12.0. The molecule has 0 saturated carbocycles. The molecule has 0 unspecified atom stereocenters. The fourth-order valence-electron chi connectivity index (χ4n) is 1.38. The average molecular weight is 194 g/mol. The van der Waals surface area contributed by atoms with Crippen LogP contribution in [0.5, 0.6) is 0 Å². The fourth-order valence-corrected chi connectivity index (χ4v) is 1.38. The van der Waals surface area contributed by atoms with Crippen LogP contribution in [0.25, 0.3) is 0 Å². The maximum absolute atomic E-state index is 2.29. The van der Waals surface area contributed by atoms with Gasteiger partial charge in [-0.25, -0.2) is 0 Å². The van der Waals surface area contributed by atoms with Gasteiger partial charge in [0.1, 0.15) is 0 Å². The summed E-state index contributed by atoms with van der Waals surface area (Å²) in [7, 11) is 0. The molecule has 0 saturated heterocycles. The van der Waals surface area contributed by atoms with Crippen LogP contribution in [0.15, 0.2) is 24.3 Å². The van der Waals surface area contributed by atoms with Gasteiger partial charge in [-0.15, -0.1) is 0 Å². The fraction of sp³-hybridized carbons (Fsp3) is 0.714. The number of rotatable bonds is 9. The van der Waals surface area contributed by atoms with Crippen molar-refractivity contribution < 1.29 is 0 Å². The normalized spacial score (nSPS) is 11.9. The second-order valence-electron chi connectivity index (χ2n) is 3.85.